The maximum Gasteiger partial charge on any atom is 0.0409 e. The molecular weight excluding hydrogens is 196 g/mol. The van der Waals surface area contributed by atoms with Gasteiger partial charge in [0.2, 0.25) is 0 Å². The molecule has 0 amide bonds. The zero-order chi connectivity index (χ0) is 11.2. The molecule has 0 unspecified atom stereocenters. The fourth-order valence-electron chi connectivity index (χ4n) is 2.95. The average Bonchev–Trinajstić information content (AvgIpc) is 2.67. The van der Waals surface area contributed by atoms with Crippen LogP contribution in [0, 0.1) is 0 Å². The quantitative estimate of drug-likeness (QED) is 0.822. The van der Waals surface area contributed by atoms with E-state index in [1.54, 1.807) is 0 Å². The van der Waals surface area contributed by atoms with Gasteiger partial charge < -0.3 is 10.6 Å². The lowest BCUT2D eigenvalue weighted by atomic mass is 9.72. The lowest BCUT2D eigenvalue weighted by Gasteiger charge is -2.39. The fraction of sp³-hybridized carbons (Fsp3) is 0.571. The molecule has 0 radical (unpaired) electrons. The van der Waals surface area contributed by atoms with Crippen molar-refractivity contribution in [1.29, 1.82) is 0 Å². The van der Waals surface area contributed by atoms with Crippen molar-refractivity contribution < 1.29 is 0 Å². The van der Waals surface area contributed by atoms with Crippen molar-refractivity contribution in [2.24, 2.45) is 5.73 Å². The first-order valence-corrected chi connectivity index (χ1v) is 6.40. The van der Waals surface area contributed by atoms with E-state index < -0.39 is 0 Å². The lowest BCUT2D eigenvalue weighted by molar-refractivity contribution is 0.253. The molecule has 0 bridgehead atoms. The second kappa shape index (κ2) is 3.49. The average molecular weight is 216 g/mol. The summed E-state index contributed by atoms with van der Waals surface area (Å²) in [6, 6.07) is 6.87. The van der Waals surface area contributed by atoms with Gasteiger partial charge in [0.25, 0.3) is 0 Å². The van der Waals surface area contributed by atoms with Crippen LogP contribution in [0.15, 0.2) is 18.2 Å². The molecule has 2 aliphatic rings. The van der Waals surface area contributed by atoms with Crippen LogP contribution in [-0.2, 0) is 12.0 Å². The molecule has 2 heteroatoms. The third-order valence-electron chi connectivity index (χ3n) is 4.27. The zero-order valence-electron chi connectivity index (χ0n) is 10.00. The highest BCUT2D eigenvalue weighted by atomic mass is 15.1. The number of likely N-dealkylation sites (N-methyl/N-ethyl adjacent to an activating group) is 1. The standard InChI is InChI=1S/C14H20N2/c1-2-16-9-6-11-10-12(4-5-13(11)16)14(15)7-3-8-14/h4-5,10H,2-3,6-9,15H2,1H3. The van der Waals surface area contributed by atoms with Crippen LogP contribution in [0.1, 0.15) is 37.3 Å². The van der Waals surface area contributed by atoms with Crippen molar-refractivity contribution in [3.8, 4) is 0 Å². The van der Waals surface area contributed by atoms with Crippen LogP contribution in [0.4, 0.5) is 5.69 Å². The highest BCUT2D eigenvalue weighted by Gasteiger charge is 2.35. The molecule has 1 aromatic carbocycles. The molecule has 1 saturated carbocycles. The van der Waals surface area contributed by atoms with E-state index in [0.717, 1.165) is 19.4 Å². The Morgan fingerprint density at radius 2 is 2.19 bits per heavy atom. The number of hydrogen-bond acceptors (Lipinski definition) is 2. The van der Waals surface area contributed by atoms with Gasteiger partial charge in [-0.25, -0.2) is 0 Å². The Bertz CT molecular complexity index is 407. The molecule has 1 heterocycles. The summed E-state index contributed by atoms with van der Waals surface area (Å²) in [5.41, 5.74) is 10.6. The van der Waals surface area contributed by atoms with Crippen molar-refractivity contribution in [2.45, 2.75) is 38.1 Å². The first-order valence-electron chi connectivity index (χ1n) is 6.40. The van der Waals surface area contributed by atoms with E-state index in [1.165, 1.54) is 36.2 Å². The van der Waals surface area contributed by atoms with E-state index in [2.05, 4.69) is 30.0 Å². The Balaban J connectivity index is 1.95. The summed E-state index contributed by atoms with van der Waals surface area (Å²) in [5, 5.41) is 0. The topological polar surface area (TPSA) is 29.3 Å². The van der Waals surface area contributed by atoms with Crippen molar-refractivity contribution in [3.63, 3.8) is 0 Å². The molecule has 0 atom stereocenters. The van der Waals surface area contributed by atoms with E-state index >= 15 is 0 Å². The van der Waals surface area contributed by atoms with Gasteiger partial charge in [0, 0.05) is 24.3 Å². The van der Waals surface area contributed by atoms with Crippen molar-refractivity contribution in [1.82, 2.24) is 0 Å². The number of hydrogen-bond donors (Lipinski definition) is 1. The van der Waals surface area contributed by atoms with E-state index in [0.29, 0.717) is 0 Å². The van der Waals surface area contributed by atoms with Gasteiger partial charge >= 0.3 is 0 Å². The number of rotatable bonds is 2. The molecular formula is C14H20N2. The largest absolute Gasteiger partial charge is 0.371 e. The number of nitrogens with two attached hydrogens (primary N) is 1. The molecule has 2 nitrogen and oxygen atoms in total. The minimum atomic E-state index is -0.00529. The van der Waals surface area contributed by atoms with Gasteiger partial charge in [0.1, 0.15) is 0 Å². The van der Waals surface area contributed by atoms with E-state index in [1.807, 2.05) is 0 Å². The van der Waals surface area contributed by atoms with Crippen LogP contribution in [0.2, 0.25) is 0 Å². The molecule has 1 aliphatic heterocycles. The third kappa shape index (κ3) is 1.36. The fourth-order valence-corrected chi connectivity index (χ4v) is 2.95. The minimum Gasteiger partial charge on any atom is -0.371 e. The molecule has 3 rings (SSSR count). The molecule has 0 aromatic heterocycles. The predicted molar refractivity (Wildman–Crippen MR) is 67.7 cm³/mol. The summed E-state index contributed by atoms with van der Waals surface area (Å²) in [6.45, 7) is 4.51. The molecule has 86 valence electrons. The Labute approximate surface area is 97.4 Å². The monoisotopic (exact) mass is 216 g/mol. The smallest absolute Gasteiger partial charge is 0.0409 e. The minimum absolute atomic E-state index is 0.00529. The normalized spacial score (nSPS) is 21.8. The van der Waals surface area contributed by atoms with Gasteiger partial charge in [-0.1, -0.05) is 12.1 Å². The third-order valence-corrected chi connectivity index (χ3v) is 4.27. The summed E-state index contributed by atoms with van der Waals surface area (Å²) in [5.74, 6) is 0. The van der Waals surface area contributed by atoms with Crippen molar-refractivity contribution in [3.05, 3.63) is 29.3 Å². The van der Waals surface area contributed by atoms with E-state index in [-0.39, 0.29) is 5.54 Å². The highest BCUT2D eigenvalue weighted by Crippen LogP contribution is 2.40. The van der Waals surface area contributed by atoms with Gasteiger partial charge in [-0.05, 0) is 49.8 Å². The van der Waals surface area contributed by atoms with Crippen LogP contribution in [0.5, 0.6) is 0 Å². The van der Waals surface area contributed by atoms with Crippen LogP contribution < -0.4 is 10.6 Å². The summed E-state index contributed by atoms with van der Waals surface area (Å²) in [6.07, 6.45) is 4.79. The second-order valence-electron chi connectivity index (χ2n) is 5.18. The SMILES string of the molecule is CCN1CCc2cc(C3(N)CCC3)ccc21. The second-order valence-corrected chi connectivity index (χ2v) is 5.18. The number of nitrogens with zero attached hydrogens (tertiary/aromatic N) is 1. The van der Waals surface area contributed by atoms with Crippen molar-refractivity contribution in [2.75, 3.05) is 18.0 Å². The van der Waals surface area contributed by atoms with E-state index in [9.17, 15) is 0 Å². The van der Waals surface area contributed by atoms with Gasteiger partial charge in [0.15, 0.2) is 0 Å². The van der Waals surface area contributed by atoms with E-state index in [4.69, 9.17) is 5.73 Å². The first kappa shape index (κ1) is 10.2. The zero-order valence-corrected chi connectivity index (χ0v) is 10.00. The summed E-state index contributed by atoms with van der Waals surface area (Å²) >= 11 is 0. The molecule has 16 heavy (non-hydrogen) atoms. The Morgan fingerprint density at radius 1 is 1.38 bits per heavy atom. The molecule has 1 aliphatic carbocycles. The van der Waals surface area contributed by atoms with Crippen LogP contribution in [0.25, 0.3) is 0 Å². The van der Waals surface area contributed by atoms with Gasteiger partial charge in [-0.2, -0.15) is 0 Å². The molecule has 0 saturated heterocycles. The maximum absolute atomic E-state index is 6.37. The Hall–Kier alpha value is -1.02. The summed E-state index contributed by atoms with van der Waals surface area (Å²) in [4.78, 5) is 2.45. The highest BCUT2D eigenvalue weighted by molar-refractivity contribution is 5.59. The Morgan fingerprint density at radius 3 is 2.81 bits per heavy atom. The maximum atomic E-state index is 6.37. The number of fused-ring (bicyclic) bond motifs is 1. The first-order chi connectivity index (χ1) is 7.73. The van der Waals surface area contributed by atoms with Gasteiger partial charge in [0.05, 0.1) is 0 Å². The molecule has 1 fully saturated rings. The van der Waals surface area contributed by atoms with Gasteiger partial charge in [-0.3, -0.25) is 0 Å². The molecule has 1 aromatic rings. The number of anilines is 1. The van der Waals surface area contributed by atoms with Crippen LogP contribution in [-0.4, -0.2) is 13.1 Å². The van der Waals surface area contributed by atoms with Crippen molar-refractivity contribution >= 4 is 5.69 Å². The number of benzene rings is 1. The lowest BCUT2D eigenvalue weighted by Crippen LogP contribution is -2.43. The molecule has 2 N–H and O–H groups in total. The van der Waals surface area contributed by atoms with Gasteiger partial charge in [-0.15, -0.1) is 0 Å². The molecule has 0 spiro atoms. The summed E-state index contributed by atoms with van der Waals surface area (Å²) in [7, 11) is 0. The summed E-state index contributed by atoms with van der Waals surface area (Å²) < 4.78 is 0. The Kier molecular flexibility index (Phi) is 2.21. The van der Waals surface area contributed by atoms with Crippen LogP contribution >= 0.6 is 0 Å². The predicted octanol–water partition coefficient (Wildman–Crippen LogP) is 2.41. The van der Waals surface area contributed by atoms with Crippen LogP contribution in [0.3, 0.4) is 0 Å².